The van der Waals surface area contributed by atoms with Gasteiger partial charge in [-0.05, 0) is 131 Å². The summed E-state index contributed by atoms with van der Waals surface area (Å²) in [6.45, 7) is 10.4. The molecule has 0 saturated carbocycles. The number of carboxylic acids is 2. The third kappa shape index (κ3) is 30.0. The molecule has 2 saturated heterocycles. The van der Waals surface area contributed by atoms with Crippen molar-refractivity contribution in [1.29, 1.82) is 0 Å². The molecule has 36 heteroatoms. The fourth-order valence-electron chi connectivity index (χ4n) is 11.4. The topological polar surface area (TPSA) is 529 Å². The Balaban J connectivity index is 1.68. The van der Waals surface area contributed by atoms with E-state index in [9.17, 15) is 77.3 Å². The van der Waals surface area contributed by atoms with Gasteiger partial charge in [-0.15, -0.1) is 0 Å². The van der Waals surface area contributed by atoms with Crippen LogP contribution < -0.4 is 70.2 Å². The number of rotatable bonds is 17. The van der Waals surface area contributed by atoms with Gasteiger partial charge in [-0.3, -0.25) is 72.1 Å². The predicted octanol–water partition coefficient (Wildman–Crippen LogP) is -1.15. The quantitative estimate of drug-likeness (QED) is 0.0498. The lowest BCUT2D eigenvalue weighted by atomic mass is 9.87. The minimum atomic E-state index is -1.87. The van der Waals surface area contributed by atoms with E-state index in [0.29, 0.717) is 49.5 Å². The van der Waals surface area contributed by atoms with Crippen LogP contribution in [0.1, 0.15) is 155 Å². The fraction of sp³-hybridized carbons (Fsp3) is 0.662. The number of hydrogen-bond acceptors (Lipinski definition) is 20. The first-order valence-corrected chi connectivity index (χ1v) is 36.3. The number of nitrogens with zero attached hydrogens (tertiary/aromatic N) is 4. The van der Waals surface area contributed by atoms with Crippen LogP contribution >= 0.6 is 23.5 Å². The van der Waals surface area contributed by atoms with E-state index in [1.807, 2.05) is 24.5 Å². The Bertz CT molecular complexity index is 3150. The molecule has 12 amide bonds. The van der Waals surface area contributed by atoms with Gasteiger partial charge >= 0.3 is 11.9 Å². The summed E-state index contributed by atoms with van der Waals surface area (Å²) >= 11 is 2.83. The van der Waals surface area contributed by atoms with E-state index in [0.717, 1.165) is 28.7 Å². The number of fused-ring (bicyclic) bond motifs is 4. The molecule has 3 aliphatic rings. The molecule has 3 heterocycles. The van der Waals surface area contributed by atoms with E-state index in [1.165, 1.54) is 23.6 Å². The average Bonchev–Trinajstić information content (AvgIpc) is 1.75. The molecule has 1 aromatic rings. The van der Waals surface area contributed by atoms with Gasteiger partial charge in [0, 0.05) is 49.7 Å². The predicted molar refractivity (Wildman–Crippen MR) is 374 cm³/mol. The minimum absolute atomic E-state index is 0.0157. The van der Waals surface area contributed by atoms with Crippen LogP contribution in [-0.2, 0) is 83.5 Å². The number of nitrogens with two attached hydrogens (primary N) is 4. The lowest BCUT2D eigenvalue weighted by Crippen LogP contribution is -2.61. The number of amides is 12. The number of guanidine groups is 1. The van der Waals surface area contributed by atoms with E-state index in [4.69, 9.17) is 32.5 Å². The van der Waals surface area contributed by atoms with Gasteiger partial charge in [0.1, 0.15) is 79.0 Å². The molecule has 2 fully saturated rings. The molecule has 562 valence electrons. The fourth-order valence-corrected chi connectivity index (χ4v) is 12.9. The standard InChI is InChI=1S/C65H102N16O18S2/c1-36(2)53-63(97)81-24-14-17-48(81)60(94)75-42(18-20-49(66)82)56(90)74-43(19-21-51(84)85)57(91)78-46(54(67)88)35-101-34-39-27-38(33-100-7)28-40(29-39)98-25-10-8-9-11-26-99-71-32-50(83)73-41(15-12-22-70-64(68)69)55(89)72-37(3)62(96)80-23-13-16-47(80)61(95)77-45(31-65(4,5)6)59(93)76-44(30-52(86)87)58(92)79-53/h27-29,32,36-37,41-48,53H,8-26,30-31,33-35H2,1-7H3,(H2,66,82)(H2,67,88)(H,72,89)(H,73,83)(H,74,90)(H,75,94)(H,76,93)(H,77,95)(H,78,91)(H,79,92)(H,84,85)(H,86,87)(H4,68,69,70)/t37-,41-,42-,43-,44-,45-,46-,47-,48-,53-/m0/s1. The van der Waals surface area contributed by atoms with Crippen LogP contribution in [0.3, 0.4) is 0 Å². The summed E-state index contributed by atoms with van der Waals surface area (Å²) in [7, 11) is 0. The second kappa shape index (κ2) is 42.3. The van der Waals surface area contributed by atoms with Crippen molar-refractivity contribution in [1.82, 2.24) is 52.3 Å². The molecule has 4 rings (SSSR count). The van der Waals surface area contributed by atoms with Gasteiger partial charge in [-0.25, -0.2) is 0 Å². The van der Waals surface area contributed by atoms with Gasteiger partial charge in [0.25, 0.3) is 5.91 Å². The minimum Gasteiger partial charge on any atom is -0.494 e. The zero-order valence-electron chi connectivity index (χ0n) is 58.5. The number of carbonyl (C=O) groups is 14. The van der Waals surface area contributed by atoms with Crippen molar-refractivity contribution in [2.24, 2.45) is 44.4 Å². The maximum Gasteiger partial charge on any atom is 0.305 e. The Hall–Kier alpha value is -8.96. The summed E-state index contributed by atoms with van der Waals surface area (Å²) < 4.78 is 6.15. The second-order valence-corrected chi connectivity index (χ2v) is 28.5. The van der Waals surface area contributed by atoms with E-state index < -0.39 is 187 Å². The Morgan fingerprint density at radius 2 is 1.22 bits per heavy atom. The maximum absolute atomic E-state index is 14.6. The number of aliphatic carboxylic acids is 2. The third-order valence-electron chi connectivity index (χ3n) is 16.5. The smallest absolute Gasteiger partial charge is 0.305 e. The van der Waals surface area contributed by atoms with Crippen molar-refractivity contribution in [3.05, 3.63) is 29.3 Å². The first-order chi connectivity index (χ1) is 47.7. The van der Waals surface area contributed by atoms with Crippen LogP contribution in [0.4, 0.5) is 0 Å². The molecular weight excluding hydrogens is 1360 g/mol. The molecule has 0 radical (unpaired) electrons. The van der Waals surface area contributed by atoms with Gasteiger partial charge in [-0.1, -0.05) is 45.8 Å². The highest BCUT2D eigenvalue weighted by atomic mass is 32.2. The third-order valence-corrected chi connectivity index (χ3v) is 18.2. The summed E-state index contributed by atoms with van der Waals surface area (Å²) in [6, 6.07) is -8.63. The normalized spacial score (nSPS) is 24.8. The van der Waals surface area contributed by atoms with Gasteiger partial charge < -0.3 is 95.1 Å². The highest BCUT2D eigenvalue weighted by Gasteiger charge is 2.43. The SMILES string of the molecule is CSCc1cc2cc(c1)OCCCCCCON=CC(=O)N[C@@H](CCCN=C(N)N)C(=O)N[C@@H](C)C(=O)N1CCC[C@H]1C(=O)N[C@@H](CC(C)(C)C)C(=O)N[C@@H](CC(=O)O)C(=O)N[C@@H](C(C)C)C(=O)N1CCC[C@H]1C(=O)N[C@@H](CCC(N)=O)C(=O)N[C@@H](CCC(=O)O)C(=O)N[C@H](C(N)=O)CSC2. The number of benzene rings is 1. The van der Waals surface area contributed by atoms with E-state index in [-0.39, 0.29) is 76.5 Å². The van der Waals surface area contributed by atoms with Crippen LogP contribution in [0.2, 0.25) is 0 Å². The molecule has 0 aliphatic carbocycles. The molecule has 0 spiro atoms. The summed E-state index contributed by atoms with van der Waals surface area (Å²) in [5, 5.41) is 43.9. The molecular formula is C65H102N16O18S2. The number of aliphatic imine (C=N–C) groups is 1. The molecule has 3 aliphatic heterocycles. The number of oxime groups is 1. The molecule has 0 aromatic heterocycles. The number of carbonyl (C=O) groups excluding carboxylic acids is 12. The van der Waals surface area contributed by atoms with Crippen molar-refractivity contribution in [3.8, 4) is 5.75 Å². The molecule has 10 atom stereocenters. The molecule has 101 heavy (non-hydrogen) atoms. The van der Waals surface area contributed by atoms with Crippen LogP contribution in [0.5, 0.6) is 5.75 Å². The van der Waals surface area contributed by atoms with Gasteiger partial charge in [0.05, 0.1) is 13.0 Å². The first kappa shape index (κ1) is 84.5. The number of ether oxygens (including phenoxy) is 1. The Kier molecular flexibility index (Phi) is 35.4. The molecule has 18 N–H and O–H groups in total. The zero-order chi connectivity index (χ0) is 75.1. The van der Waals surface area contributed by atoms with Crippen LogP contribution in [0, 0.1) is 11.3 Å². The Morgan fingerprint density at radius 1 is 0.663 bits per heavy atom. The zero-order valence-corrected chi connectivity index (χ0v) is 60.1. The number of carboxylic acid groups (broad SMARTS) is 2. The number of thioether (sulfide) groups is 2. The molecule has 0 unspecified atom stereocenters. The maximum atomic E-state index is 14.6. The van der Waals surface area contributed by atoms with E-state index in [1.54, 1.807) is 46.4 Å². The highest BCUT2D eigenvalue weighted by Crippen LogP contribution is 2.27. The lowest BCUT2D eigenvalue weighted by molar-refractivity contribution is -0.145. The summed E-state index contributed by atoms with van der Waals surface area (Å²) in [5.41, 5.74) is 23.3. The van der Waals surface area contributed by atoms with Crippen molar-refractivity contribution in [2.45, 2.75) is 216 Å². The Morgan fingerprint density at radius 3 is 1.80 bits per heavy atom. The number of hydrogen-bond donors (Lipinski definition) is 14. The van der Waals surface area contributed by atoms with Crippen molar-refractivity contribution in [3.63, 3.8) is 0 Å². The van der Waals surface area contributed by atoms with Gasteiger partial charge in [0.2, 0.25) is 65.0 Å². The molecule has 34 nitrogen and oxygen atoms in total. The molecule has 2 bridgehead atoms. The highest BCUT2D eigenvalue weighted by molar-refractivity contribution is 7.98. The molecule has 1 aromatic carbocycles. The lowest BCUT2D eigenvalue weighted by Gasteiger charge is -2.33. The van der Waals surface area contributed by atoms with Crippen molar-refractivity contribution in [2.75, 3.05) is 44.9 Å². The van der Waals surface area contributed by atoms with Crippen LogP contribution in [-0.4, -0.2) is 220 Å². The largest absolute Gasteiger partial charge is 0.494 e. The van der Waals surface area contributed by atoms with Crippen LogP contribution in [0.25, 0.3) is 0 Å². The Labute approximate surface area is 595 Å². The average molecular weight is 1460 g/mol. The second-order valence-electron chi connectivity index (χ2n) is 26.6. The van der Waals surface area contributed by atoms with Gasteiger partial charge in [0.15, 0.2) is 5.96 Å². The number of nitrogens with one attached hydrogen (secondary N) is 8. The van der Waals surface area contributed by atoms with Crippen LogP contribution in [0.15, 0.2) is 28.3 Å². The monoisotopic (exact) mass is 1460 g/mol. The van der Waals surface area contributed by atoms with E-state index in [2.05, 4.69) is 52.7 Å². The summed E-state index contributed by atoms with van der Waals surface area (Å²) in [6.07, 6.45) is 3.31. The van der Waals surface area contributed by atoms with Crippen molar-refractivity contribution >= 4 is 119 Å². The first-order valence-electron chi connectivity index (χ1n) is 33.8. The summed E-state index contributed by atoms with van der Waals surface area (Å²) in [4.78, 5) is 202. The van der Waals surface area contributed by atoms with E-state index >= 15 is 0 Å². The van der Waals surface area contributed by atoms with Gasteiger partial charge in [-0.2, -0.15) is 23.5 Å². The summed E-state index contributed by atoms with van der Waals surface area (Å²) in [5.74, 6) is -13.1. The van der Waals surface area contributed by atoms with Crippen molar-refractivity contribution < 1.29 is 86.9 Å². The number of primary amides is 2.